The molecule has 20 heavy (non-hydrogen) atoms. The van der Waals surface area contributed by atoms with Crippen LogP contribution in [-0.4, -0.2) is 17.7 Å². The summed E-state index contributed by atoms with van der Waals surface area (Å²) in [6.45, 7) is 0.380. The molecule has 0 bridgehead atoms. The van der Waals surface area contributed by atoms with Crippen molar-refractivity contribution in [1.29, 1.82) is 0 Å². The Morgan fingerprint density at radius 3 is 2.80 bits per heavy atom. The number of hydrogen-bond donors (Lipinski definition) is 1. The number of carbonyl (C=O) groups is 1. The highest BCUT2D eigenvalue weighted by atomic mass is 19.1. The lowest BCUT2D eigenvalue weighted by molar-refractivity contribution is 0.0697. The molecule has 100 valence electrons. The average molecular weight is 270 g/mol. The molecule has 0 saturated heterocycles. The number of halogens is 1. The quantitative estimate of drug-likeness (QED) is 0.910. The summed E-state index contributed by atoms with van der Waals surface area (Å²) in [5.74, 6) is -0.723. The van der Waals surface area contributed by atoms with Crippen LogP contribution in [0.2, 0.25) is 0 Å². The summed E-state index contributed by atoms with van der Waals surface area (Å²) < 4.78 is 18.8. The smallest absolute Gasteiger partial charge is 0.335 e. The molecule has 0 amide bonds. The molecule has 0 aromatic heterocycles. The van der Waals surface area contributed by atoms with Crippen LogP contribution in [0.1, 0.15) is 21.5 Å². The molecule has 0 fully saturated rings. The van der Waals surface area contributed by atoms with Crippen molar-refractivity contribution in [1.82, 2.24) is 0 Å². The van der Waals surface area contributed by atoms with Gasteiger partial charge in [-0.25, -0.2) is 9.18 Å². The molecule has 0 radical (unpaired) electrons. The molecule has 3 rings (SSSR count). The second kappa shape index (κ2) is 4.81. The van der Waals surface area contributed by atoms with Gasteiger partial charge in [0.05, 0.1) is 5.56 Å². The maximum absolute atomic E-state index is 13.4. The van der Waals surface area contributed by atoms with Gasteiger partial charge in [0, 0.05) is 5.56 Å². The zero-order valence-corrected chi connectivity index (χ0v) is 10.5. The molecule has 0 unspecified atom stereocenters. The number of fused-ring (bicyclic) bond motifs is 1. The lowest BCUT2D eigenvalue weighted by atomic mass is 9.94. The van der Waals surface area contributed by atoms with Gasteiger partial charge in [0.2, 0.25) is 0 Å². The number of carboxylic acid groups (broad SMARTS) is 1. The summed E-state index contributed by atoms with van der Waals surface area (Å²) in [6, 6.07) is 10.9. The highest BCUT2D eigenvalue weighted by Gasteiger charge is 2.17. The molecule has 1 aliphatic rings. The third kappa shape index (κ3) is 2.16. The van der Waals surface area contributed by atoms with Crippen molar-refractivity contribution in [3.63, 3.8) is 0 Å². The third-order valence-electron chi connectivity index (χ3n) is 3.18. The molecule has 1 heterocycles. The first kappa shape index (κ1) is 12.4. The van der Waals surface area contributed by atoms with E-state index in [2.05, 4.69) is 0 Å². The van der Waals surface area contributed by atoms with Crippen LogP contribution in [0.4, 0.5) is 4.39 Å². The SMILES string of the molecule is O=C(O)c1ccc2c(c1)C(c1cccc(F)c1)=CCO2. The summed E-state index contributed by atoms with van der Waals surface area (Å²) in [4.78, 5) is 11.1. The number of rotatable bonds is 2. The molecule has 0 atom stereocenters. The highest BCUT2D eigenvalue weighted by molar-refractivity contribution is 5.92. The minimum absolute atomic E-state index is 0.177. The number of aromatic carboxylic acids is 1. The minimum Gasteiger partial charge on any atom is -0.489 e. The first-order valence-corrected chi connectivity index (χ1v) is 6.12. The maximum atomic E-state index is 13.4. The lowest BCUT2D eigenvalue weighted by Gasteiger charge is -2.19. The number of carboxylic acids is 1. The maximum Gasteiger partial charge on any atom is 0.335 e. The van der Waals surface area contributed by atoms with Crippen molar-refractivity contribution in [2.45, 2.75) is 0 Å². The Hall–Kier alpha value is -2.62. The molecule has 1 N–H and O–H groups in total. The molecule has 0 spiro atoms. The van der Waals surface area contributed by atoms with Crippen LogP contribution >= 0.6 is 0 Å². The van der Waals surface area contributed by atoms with Gasteiger partial charge in [0.25, 0.3) is 0 Å². The van der Waals surface area contributed by atoms with Gasteiger partial charge in [0.15, 0.2) is 0 Å². The fourth-order valence-electron chi connectivity index (χ4n) is 2.25. The fourth-order valence-corrected chi connectivity index (χ4v) is 2.25. The number of hydrogen-bond acceptors (Lipinski definition) is 2. The Morgan fingerprint density at radius 1 is 1.20 bits per heavy atom. The zero-order chi connectivity index (χ0) is 14.1. The summed E-state index contributed by atoms with van der Waals surface area (Å²) in [5.41, 5.74) is 2.34. The van der Waals surface area contributed by atoms with Gasteiger partial charge < -0.3 is 9.84 Å². The topological polar surface area (TPSA) is 46.5 Å². The van der Waals surface area contributed by atoms with Gasteiger partial charge in [-0.3, -0.25) is 0 Å². The van der Waals surface area contributed by atoms with Crippen LogP contribution in [0.15, 0.2) is 48.5 Å². The first-order valence-electron chi connectivity index (χ1n) is 6.12. The summed E-state index contributed by atoms with van der Waals surface area (Å²) in [5, 5.41) is 9.07. The Bertz CT molecular complexity index is 719. The standard InChI is InChI=1S/C16H11FO3/c17-12-3-1-2-10(8-12)13-6-7-20-15-5-4-11(16(18)19)9-14(13)15/h1-6,8-9H,7H2,(H,18,19). The summed E-state index contributed by atoms with van der Waals surface area (Å²) in [7, 11) is 0. The first-order chi connectivity index (χ1) is 9.65. The van der Waals surface area contributed by atoms with Gasteiger partial charge in [-0.05, 0) is 47.5 Å². The van der Waals surface area contributed by atoms with E-state index >= 15 is 0 Å². The normalized spacial score (nSPS) is 13.2. The second-order valence-electron chi connectivity index (χ2n) is 4.46. The van der Waals surface area contributed by atoms with Crippen molar-refractivity contribution in [2.75, 3.05) is 6.61 Å². The van der Waals surface area contributed by atoms with Crippen molar-refractivity contribution < 1.29 is 19.0 Å². The van der Waals surface area contributed by atoms with Crippen LogP contribution in [0.3, 0.4) is 0 Å². The Labute approximate surface area is 114 Å². The molecule has 3 nitrogen and oxygen atoms in total. The van der Waals surface area contributed by atoms with E-state index in [1.165, 1.54) is 18.2 Å². The van der Waals surface area contributed by atoms with Gasteiger partial charge in [0.1, 0.15) is 18.2 Å². The van der Waals surface area contributed by atoms with Crippen LogP contribution in [0.5, 0.6) is 5.75 Å². The van der Waals surface area contributed by atoms with Crippen molar-refractivity contribution >= 4 is 11.5 Å². The highest BCUT2D eigenvalue weighted by Crippen LogP contribution is 2.35. The molecule has 1 aliphatic heterocycles. The minimum atomic E-state index is -1.00. The van der Waals surface area contributed by atoms with E-state index in [4.69, 9.17) is 9.84 Å². The predicted molar refractivity (Wildman–Crippen MR) is 72.4 cm³/mol. The average Bonchev–Trinajstić information content (AvgIpc) is 2.46. The van der Waals surface area contributed by atoms with Crippen LogP contribution in [0, 0.1) is 5.82 Å². The fraction of sp³-hybridized carbons (Fsp3) is 0.0625. The second-order valence-corrected chi connectivity index (χ2v) is 4.46. The molecule has 2 aromatic carbocycles. The Morgan fingerprint density at radius 2 is 2.05 bits per heavy atom. The molecule has 4 heteroatoms. The van der Waals surface area contributed by atoms with E-state index in [0.29, 0.717) is 23.5 Å². The van der Waals surface area contributed by atoms with E-state index in [-0.39, 0.29) is 11.4 Å². The molecule has 2 aromatic rings. The van der Waals surface area contributed by atoms with Gasteiger partial charge in [-0.15, -0.1) is 0 Å². The van der Waals surface area contributed by atoms with Crippen molar-refractivity contribution in [2.24, 2.45) is 0 Å². The van der Waals surface area contributed by atoms with Crippen LogP contribution in [-0.2, 0) is 0 Å². The van der Waals surface area contributed by atoms with Gasteiger partial charge in [-0.1, -0.05) is 12.1 Å². The van der Waals surface area contributed by atoms with Gasteiger partial charge in [-0.2, -0.15) is 0 Å². The summed E-state index contributed by atoms with van der Waals surface area (Å²) in [6.07, 6.45) is 1.82. The zero-order valence-electron chi connectivity index (χ0n) is 10.5. The monoisotopic (exact) mass is 270 g/mol. The molecular formula is C16H11FO3. The number of benzene rings is 2. The van der Waals surface area contributed by atoms with E-state index in [9.17, 15) is 9.18 Å². The van der Waals surface area contributed by atoms with Crippen molar-refractivity contribution in [3.8, 4) is 5.75 Å². The van der Waals surface area contributed by atoms with E-state index in [1.54, 1.807) is 24.3 Å². The van der Waals surface area contributed by atoms with Crippen LogP contribution in [0.25, 0.3) is 5.57 Å². The van der Waals surface area contributed by atoms with Crippen molar-refractivity contribution in [3.05, 3.63) is 71.0 Å². The Balaban J connectivity index is 2.14. The third-order valence-corrected chi connectivity index (χ3v) is 3.18. The predicted octanol–water partition coefficient (Wildman–Crippen LogP) is 3.35. The summed E-state index contributed by atoms with van der Waals surface area (Å²) >= 11 is 0. The van der Waals surface area contributed by atoms with E-state index < -0.39 is 5.97 Å². The largest absolute Gasteiger partial charge is 0.489 e. The Kier molecular flexibility index (Phi) is 2.99. The van der Waals surface area contributed by atoms with E-state index in [1.807, 2.05) is 6.08 Å². The molecule has 0 saturated carbocycles. The van der Waals surface area contributed by atoms with Gasteiger partial charge >= 0.3 is 5.97 Å². The van der Waals surface area contributed by atoms with Crippen LogP contribution < -0.4 is 4.74 Å². The van der Waals surface area contributed by atoms with E-state index in [0.717, 1.165) is 5.57 Å². The number of ether oxygens (including phenoxy) is 1. The lowest BCUT2D eigenvalue weighted by Crippen LogP contribution is -2.07. The molecule has 0 aliphatic carbocycles. The molecular weight excluding hydrogens is 259 g/mol.